The third-order valence-electron chi connectivity index (χ3n) is 5.96. The van der Waals surface area contributed by atoms with E-state index in [1.54, 1.807) is 0 Å². The Morgan fingerprint density at radius 2 is 1.68 bits per heavy atom. The summed E-state index contributed by atoms with van der Waals surface area (Å²) in [6.07, 6.45) is 1.58. The summed E-state index contributed by atoms with van der Waals surface area (Å²) in [5, 5.41) is 3.44. The number of halogens is 2. The summed E-state index contributed by atoms with van der Waals surface area (Å²) in [5.74, 6) is -2.02. The van der Waals surface area contributed by atoms with Crippen LogP contribution in [0.5, 0.6) is 0 Å². The van der Waals surface area contributed by atoms with Crippen LogP contribution in [0.1, 0.15) is 19.3 Å². The molecule has 2 saturated heterocycles. The molecule has 1 atom stereocenters. The van der Waals surface area contributed by atoms with Crippen molar-refractivity contribution in [3.8, 4) is 0 Å². The fourth-order valence-corrected chi connectivity index (χ4v) is 5.81. The molecule has 2 aliphatic rings. The highest BCUT2D eigenvalue weighted by molar-refractivity contribution is 7.89. The molecule has 4 rings (SSSR count). The third kappa shape index (κ3) is 4.72. The van der Waals surface area contributed by atoms with Crippen LogP contribution in [-0.4, -0.2) is 55.8 Å². The number of para-hydroxylation sites is 1. The fourth-order valence-electron chi connectivity index (χ4n) is 4.26. The maximum absolute atomic E-state index is 14.0. The molecule has 166 valence electrons. The van der Waals surface area contributed by atoms with E-state index in [2.05, 4.69) is 5.32 Å². The number of nitrogens with zero attached hydrogens (tertiary/aromatic N) is 2. The summed E-state index contributed by atoms with van der Waals surface area (Å²) < 4.78 is 54.0. The molecular formula is C22H25F2N3O3S. The van der Waals surface area contributed by atoms with E-state index in [-0.39, 0.29) is 31.0 Å². The van der Waals surface area contributed by atoms with E-state index in [9.17, 15) is 22.0 Å². The maximum Gasteiger partial charge on any atom is 0.246 e. The largest absolute Gasteiger partial charge is 0.380 e. The number of benzene rings is 2. The van der Waals surface area contributed by atoms with E-state index in [0.29, 0.717) is 32.0 Å². The standard InChI is InChI=1S/C22H25F2N3O3S/c23-17-6-7-20(24)21(14-17)31(29,30)27-12-8-16(9-13-27)22(28)26-11-10-19(15-26)25-18-4-2-1-3-5-18/h1-7,14,16,19,25H,8-13,15H2. The van der Waals surface area contributed by atoms with Gasteiger partial charge in [0, 0.05) is 43.8 Å². The molecule has 1 amide bonds. The van der Waals surface area contributed by atoms with Crippen LogP contribution in [0.4, 0.5) is 14.5 Å². The van der Waals surface area contributed by atoms with Crippen molar-refractivity contribution in [2.45, 2.75) is 30.2 Å². The zero-order valence-corrected chi connectivity index (χ0v) is 17.8. The predicted octanol–water partition coefficient (Wildman–Crippen LogP) is 3.08. The van der Waals surface area contributed by atoms with Gasteiger partial charge < -0.3 is 10.2 Å². The first-order chi connectivity index (χ1) is 14.8. The summed E-state index contributed by atoms with van der Waals surface area (Å²) >= 11 is 0. The fraction of sp³-hybridized carbons (Fsp3) is 0.409. The molecule has 1 N–H and O–H groups in total. The van der Waals surface area contributed by atoms with Gasteiger partial charge in [-0.15, -0.1) is 0 Å². The van der Waals surface area contributed by atoms with Crippen LogP contribution < -0.4 is 5.32 Å². The van der Waals surface area contributed by atoms with E-state index < -0.39 is 26.6 Å². The Bertz CT molecular complexity index is 1040. The van der Waals surface area contributed by atoms with Crippen LogP contribution >= 0.6 is 0 Å². The lowest BCUT2D eigenvalue weighted by Crippen LogP contribution is -2.44. The first-order valence-electron chi connectivity index (χ1n) is 10.4. The molecule has 2 aromatic rings. The highest BCUT2D eigenvalue weighted by Crippen LogP contribution is 2.28. The third-order valence-corrected chi connectivity index (χ3v) is 7.87. The minimum absolute atomic E-state index is 0.0337. The van der Waals surface area contributed by atoms with Crippen LogP contribution in [0.3, 0.4) is 0 Å². The Morgan fingerprint density at radius 1 is 0.968 bits per heavy atom. The van der Waals surface area contributed by atoms with Gasteiger partial charge >= 0.3 is 0 Å². The van der Waals surface area contributed by atoms with E-state index in [0.717, 1.165) is 28.5 Å². The van der Waals surface area contributed by atoms with Crippen LogP contribution in [-0.2, 0) is 14.8 Å². The quantitative estimate of drug-likeness (QED) is 0.762. The van der Waals surface area contributed by atoms with Gasteiger partial charge in [0.05, 0.1) is 0 Å². The summed E-state index contributed by atoms with van der Waals surface area (Å²) in [6, 6.07) is 12.4. The normalized spacial score (nSPS) is 20.7. The van der Waals surface area contributed by atoms with Crippen molar-refractivity contribution in [2.75, 3.05) is 31.5 Å². The molecule has 31 heavy (non-hydrogen) atoms. The molecule has 0 aliphatic carbocycles. The number of carbonyl (C=O) groups is 1. The number of nitrogens with one attached hydrogen (secondary N) is 1. The van der Waals surface area contributed by atoms with E-state index in [4.69, 9.17) is 0 Å². The number of anilines is 1. The van der Waals surface area contributed by atoms with E-state index >= 15 is 0 Å². The topological polar surface area (TPSA) is 69.7 Å². The number of carbonyl (C=O) groups excluding carboxylic acids is 1. The zero-order valence-electron chi connectivity index (χ0n) is 17.0. The maximum atomic E-state index is 14.0. The molecule has 1 unspecified atom stereocenters. The lowest BCUT2D eigenvalue weighted by molar-refractivity contribution is -0.135. The number of hydrogen-bond donors (Lipinski definition) is 1. The van der Waals surface area contributed by atoms with E-state index in [1.807, 2.05) is 35.2 Å². The molecule has 0 spiro atoms. The lowest BCUT2D eigenvalue weighted by atomic mass is 9.96. The second kappa shape index (κ2) is 8.92. The smallest absolute Gasteiger partial charge is 0.246 e. The minimum Gasteiger partial charge on any atom is -0.380 e. The molecule has 9 heteroatoms. The monoisotopic (exact) mass is 449 g/mol. The Balaban J connectivity index is 1.33. The van der Waals surface area contributed by atoms with Gasteiger partial charge in [0.15, 0.2) is 0 Å². The average Bonchev–Trinajstić information content (AvgIpc) is 3.24. The SMILES string of the molecule is O=C(C1CCN(S(=O)(=O)c2cc(F)ccc2F)CC1)N1CCC(Nc2ccccc2)C1. The lowest BCUT2D eigenvalue weighted by Gasteiger charge is -2.32. The van der Waals surface area contributed by atoms with Crippen molar-refractivity contribution in [3.05, 3.63) is 60.2 Å². The Kier molecular flexibility index (Phi) is 6.24. The van der Waals surface area contributed by atoms with Gasteiger partial charge in [-0.25, -0.2) is 17.2 Å². The average molecular weight is 450 g/mol. The summed E-state index contributed by atoms with van der Waals surface area (Å²) in [7, 11) is -4.14. The molecule has 2 aliphatic heterocycles. The van der Waals surface area contributed by atoms with Crippen molar-refractivity contribution < 1.29 is 22.0 Å². The highest BCUT2D eigenvalue weighted by atomic mass is 32.2. The van der Waals surface area contributed by atoms with Crippen molar-refractivity contribution in [2.24, 2.45) is 5.92 Å². The van der Waals surface area contributed by atoms with Gasteiger partial charge in [-0.3, -0.25) is 4.79 Å². The molecule has 6 nitrogen and oxygen atoms in total. The summed E-state index contributed by atoms with van der Waals surface area (Å²) in [4.78, 5) is 14.1. The summed E-state index contributed by atoms with van der Waals surface area (Å²) in [6.45, 7) is 1.49. The van der Waals surface area contributed by atoms with Crippen LogP contribution in [0.25, 0.3) is 0 Å². The highest BCUT2D eigenvalue weighted by Gasteiger charge is 2.36. The number of hydrogen-bond acceptors (Lipinski definition) is 4. The van der Waals surface area contributed by atoms with Crippen LogP contribution in [0, 0.1) is 17.6 Å². The van der Waals surface area contributed by atoms with Crippen molar-refractivity contribution >= 4 is 21.6 Å². The molecule has 0 bridgehead atoms. The number of likely N-dealkylation sites (tertiary alicyclic amines) is 1. The van der Waals surface area contributed by atoms with E-state index in [1.165, 1.54) is 0 Å². The molecule has 0 saturated carbocycles. The van der Waals surface area contributed by atoms with Crippen LogP contribution in [0.2, 0.25) is 0 Å². The molecule has 2 aromatic carbocycles. The summed E-state index contributed by atoms with van der Waals surface area (Å²) in [5.41, 5.74) is 1.02. The Hall–Kier alpha value is -2.52. The second-order valence-electron chi connectivity index (χ2n) is 8.03. The molecule has 0 aromatic heterocycles. The van der Waals surface area contributed by atoms with Gasteiger partial charge in [0.1, 0.15) is 16.5 Å². The minimum atomic E-state index is -4.14. The Morgan fingerprint density at radius 3 is 2.39 bits per heavy atom. The second-order valence-corrected chi connectivity index (χ2v) is 9.94. The van der Waals surface area contributed by atoms with Crippen LogP contribution in [0.15, 0.2) is 53.4 Å². The molecular weight excluding hydrogens is 424 g/mol. The predicted molar refractivity (Wildman–Crippen MR) is 113 cm³/mol. The Labute approximate surface area is 180 Å². The van der Waals surface area contributed by atoms with Gasteiger partial charge in [0.2, 0.25) is 15.9 Å². The van der Waals surface area contributed by atoms with Gasteiger partial charge in [0.25, 0.3) is 0 Å². The van der Waals surface area contributed by atoms with Gasteiger partial charge in [-0.1, -0.05) is 18.2 Å². The number of amides is 1. The number of sulfonamides is 1. The van der Waals surface area contributed by atoms with Crippen molar-refractivity contribution in [3.63, 3.8) is 0 Å². The number of rotatable bonds is 5. The molecule has 2 heterocycles. The number of piperidine rings is 1. The molecule has 2 fully saturated rings. The van der Waals surface area contributed by atoms with Gasteiger partial charge in [-0.2, -0.15) is 4.31 Å². The zero-order chi connectivity index (χ0) is 22.0. The first-order valence-corrected chi connectivity index (χ1v) is 11.8. The molecule has 0 radical (unpaired) electrons. The van der Waals surface area contributed by atoms with Crippen molar-refractivity contribution in [1.82, 2.24) is 9.21 Å². The first kappa shape index (κ1) is 21.7. The van der Waals surface area contributed by atoms with Gasteiger partial charge in [-0.05, 0) is 49.6 Å². The van der Waals surface area contributed by atoms with Crippen molar-refractivity contribution in [1.29, 1.82) is 0 Å².